The van der Waals surface area contributed by atoms with E-state index in [-0.39, 0.29) is 32.1 Å². The van der Waals surface area contributed by atoms with Gasteiger partial charge in [0.15, 0.2) is 23.0 Å². The molecule has 17 heteroatoms. The van der Waals surface area contributed by atoms with Crippen molar-refractivity contribution in [3.63, 3.8) is 0 Å². The topological polar surface area (TPSA) is 186 Å². The van der Waals surface area contributed by atoms with Gasteiger partial charge in [0.2, 0.25) is 11.8 Å². The molecule has 2 atom stereocenters. The number of methoxy groups -OCH3 is 1. The zero-order valence-electron chi connectivity index (χ0n) is 79.8. The van der Waals surface area contributed by atoms with Crippen LogP contribution in [0.5, 0.6) is 63.2 Å². The lowest BCUT2D eigenvalue weighted by Gasteiger charge is -2.20. The number of carbonyl (C=O) groups excluding carboxylic acids is 3. The SMILES string of the molecule is CCCCCCCCCCCCOc1ccc(COc2ccc(COc3cc(COc4ccc(C[C@H](NC(C)=O)C(=O)N[C@@H](C)C(=O)OC)cc4)cc(OCc4ccc(OCc5ccc(OCCCCCCCCCCCC)cc5)c(OCc5ccc(OCCCCCCCCCCCC)cc5)c4)c3)cc2OCc2ccc(OCCCCCCCCCCCC)cc2)cc1. The van der Waals surface area contributed by atoms with Crippen molar-refractivity contribution in [3.8, 4) is 63.2 Å². The molecule has 17 nitrogen and oxygen atoms in total. The molecule has 0 aliphatic carbocycles. The normalized spacial score (nSPS) is 11.6. The van der Waals surface area contributed by atoms with Crippen molar-refractivity contribution in [2.24, 2.45) is 0 Å². The number of carbonyl (C=O) groups is 3. The quantitative estimate of drug-likeness (QED) is 0.0271. The number of unbranched alkanes of at least 4 members (excludes halogenated alkanes) is 36. The fourth-order valence-electron chi connectivity index (χ4n) is 15.6. The summed E-state index contributed by atoms with van der Waals surface area (Å²) in [5.74, 6) is 5.85. The Morgan fingerprint density at radius 1 is 0.248 bits per heavy atom. The summed E-state index contributed by atoms with van der Waals surface area (Å²) in [4.78, 5) is 37.9. The second-order valence-electron chi connectivity index (χ2n) is 34.9. The average molecular weight is 1770 g/mol. The summed E-state index contributed by atoms with van der Waals surface area (Å²) in [6.45, 7) is 16.4. The van der Waals surface area contributed by atoms with Crippen LogP contribution in [-0.2, 0) is 71.8 Å². The van der Waals surface area contributed by atoms with Crippen LogP contribution in [0.2, 0.25) is 0 Å². The van der Waals surface area contributed by atoms with Crippen molar-refractivity contribution >= 4 is 17.8 Å². The van der Waals surface area contributed by atoms with E-state index in [0.29, 0.717) is 93.1 Å². The van der Waals surface area contributed by atoms with Gasteiger partial charge in [-0.1, -0.05) is 332 Å². The third-order valence-corrected chi connectivity index (χ3v) is 23.5. The lowest BCUT2D eigenvalue weighted by Crippen LogP contribution is -2.51. The van der Waals surface area contributed by atoms with Crippen LogP contribution in [0, 0.1) is 0 Å². The van der Waals surface area contributed by atoms with Crippen LogP contribution < -0.4 is 62.7 Å². The highest BCUT2D eigenvalue weighted by atomic mass is 16.5. The molecule has 0 aliphatic heterocycles. The molecule has 0 heterocycles. The third-order valence-electron chi connectivity index (χ3n) is 23.5. The maximum atomic E-state index is 13.4. The molecule has 0 saturated heterocycles. The van der Waals surface area contributed by atoms with Crippen molar-refractivity contribution in [3.05, 3.63) is 220 Å². The summed E-state index contributed by atoms with van der Waals surface area (Å²) >= 11 is 0. The summed E-state index contributed by atoms with van der Waals surface area (Å²) < 4.78 is 76.3. The van der Waals surface area contributed by atoms with Crippen LogP contribution in [0.4, 0.5) is 0 Å². The van der Waals surface area contributed by atoms with Crippen molar-refractivity contribution in [1.82, 2.24) is 10.6 Å². The highest BCUT2D eigenvalue weighted by molar-refractivity contribution is 5.90. The van der Waals surface area contributed by atoms with E-state index < -0.39 is 24.0 Å². The number of nitrogens with one attached hydrogen (secondary N) is 2. The molecule has 8 rings (SSSR count). The molecule has 0 aliphatic rings. The summed E-state index contributed by atoms with van der Waals surface area (Å²) in [7, 11) is 1.25. The number of benzene rings is 8. The van der Waals surface area contributed by atoms with E-state index in [0.717, 1.165) is 93.2 Å². The summed E-state index contributed by atoms with van der Waals surface area (Å²) in [6, 6.07) is 55.7. The molecule has 2 N–H and O–H groups in total. The lowest BCUT2D eigenvalue weighted by molar-refractivity contribution is -0.144. The molecule has 706 valence electrons. The monoisotopic (exact) mass is 1770 g/mol. The number of hydrogen-bond donors (Lipinski definition) is 2. The maximum absolute atomic E-state index is 13.4. The van der Waals surface area contributed by atoms with Gasteiger partial charge >= 0.3 is 5.97 Å². The van der Waals surface area contributed by atoms with Crippen molar-refractivity contribution in [2.75, 3.05) is 33.5 Å². The zero-order chi connectivity index (χ0) is 91.0. The van der Waals surface area contributed by atoms with Crippen LogP contribution >= 0.6 is 0 Å². The predicted molar refractivity (Wildman–Crippen MR) is 522 cm³/mol. The fraction of sp³-hybridized carbons (Fsp3) is 0.545. The van der Waals surface area contributed by atoms with Gasteiger partial charge in [0.1, 0.15) is 98.6 Å². The molecule has 8 aromatic carbocycles. The summed E-state index contributed by atoms with van der Waals surface area (Å²) in [6.07, 6.45) is 51.3. The van der Waals surface area contributed by atoms with Gasteiger partial charge in [0, 0.05) is 19.4 Å². The van der Waals surface area contributed by atoms with Crippen LogP contribution in [0.15, 0.2) is 176 Å². The van der Waals surface area contributed by atoms with Crippen LogP contribution in [0.1, 0.15) is 343 Å². The standard InChI is InChI=1S/C112H158N2O15/c1-8-12-16-20-24-28-32-36-40-44-72-119-99-62-50-92(51-63-99)82-126-107-70-58-96(79-109(107)128-84-94-54-66-101(67-55-94)121-74-46-42-38-34-30-26-22-18-14-10-3)86-124-104-76-98(88-123-103-60-48-91(49-61-103)78-106(114-90(6)115)111(116)113-89(5)112(117)118-7)77-105(81-104)125-87-97-59-71-108(127-83-93-52-64-100(65-53-93)120-73-45-41-37-33-29-25-21-17-13-9-2)110(80-97)129-85-95-56-68-102(69-57-95)122-75-47-43-39-35-31-27-23-19-15-11-4/h48-71,76-77,79-81,89,106H,8-47,72-75,78,82-88H2,1-7H3,(H,113,116)(H,114,115)/t89-,106-/m0/s1. The Labute approximate surface area is 775 Å². The van der Waals surface area contributed by atoms with Crippen LogP contribution in [-0.4, -0.2) is 63.4 Å². The van der Waals surface area contributed by atoms with Crippen molar-refractivity contribution in [2.45, 2.75) is 363 Å². The minimum absolute atomic E-state index is 0.131. The molecule has 0 radical (unpaired) electrons. The first-order chi connectivity index (χ1) is 63.3. The number of amides is 2. The molecule has 0 aromatic heterocycles. The van der Waals surface area contributed by atoms with Gasteiger partial charge in [-0.05, 0) is 174 Å². The van der Waals surface area contributed by atoms with Gasteiger partial charge in [-0.2, -0.15) is 0 Å². The van der Waals surface area contributed by atoms with E-state index in [4.69, 9.17) is 56.8 Å². The first-order valence-electron chi connectivity index (χ1n) is 49.8. The molecular formula is C112H158N2O15. The van der Waals surface area contributed by atoms with Gasteiger partial charge in [-0.25, -0.2) is 4.79 Å². The predicted octanol–water partition coefficient (Wildman–Crippen LogP) is 28.7. The molecule has 8 aromatic rings. The molecule has 2 amide bonds. The Morgan fingerprint density at radius 2 is 0.496 bits per heavy atom. The fourth-order valence-corrected chi connectivity index (χ4v) is 15.6. The van der Waals surface area contributed by atoms with Crippen molar-refractivity contribution in [1.29, 1.82) is 0 Å². The lowest BCUT2D eigenvalue weighted by atomic mass is 10.0. The molecule has 0 unspecified atom stereocenters. The van der Waals surface area contributed by atoms with E-state index in [2.05, 4.69) is 86.9 Å². The molecular weight excluding hydrogens is 1610 g/mol. The van der Waals surface area contributed by atoms with E-state index >= 15 is 0 Å². The van der Waals surface area contributed by atoms with E-state index in [1.54, 1.807) is 0 Å². The minimum atomic E-state index is -0.949. The first-order valence-corrected chi connectivity index (χ1v) is 49.8. The van der Waals surface area contributed by atoms with Gasteiger partial charge in [0.05, 0.1) is 33.5 Å². The van der Waals surface area contributed by atoms with Crippen LogP contribution in [0.25, 0.3) is 0 Å². The number of esters is 1. The molecule has 0 saturated carbocycles. The van der Waals surface area contributed by atoms with Gasteiger partial charge in [0.25, 0.3) is 0 Å². The Kier molecular flexibility index (Phi) is 53.0. The second-order valence-corrected chi connectivity index (χ2v) is 34.9. The molecule has 0 spiro atoms. The summed E-state index contributed by atoms with van der Waals surface area (Å²) in [5.41, 5.74) is 7.18. The molecule has 129 heavy (non-hydrogen) atoms. The van der Waals surface area contributed by atoms with Gasteiger partial charge in [-0.3, -0.25) is 9.59 Å². The second kappa shape index (κ2) is 65.5. The maximum Gasteiger partial charge on any atom is 0.328 e. The Balaban J connectivity index is 0.982. The number of ether oxygens (including phenoxy) is 12. The van der Waals surface area contributed by atoms with E-state index in [1.165, 1.54) is 252 Å². The largest absolute Gasteiger partial charge is 0.494 e. The average Bonchev–Trinajstić information content (AvgIpc) is 0.840. The Hall–Kier alpha value is -10.0. The van der Waals surface area contributed by atoms with Crippen LogP contribution in [0.3, 0.4) is 0 Å². The Morgan fingerprint density at radius 3 is 0.791 bits per heavy atom. The van der Waals surface area contributed by atoms with Gasteiger partial charge < -0.3 is 67.5 Å². The van der Waals surface area contributed by atoms with Crippen molar-refractivity contribution < 1.29 is 71.2 Å². The molecule has 0 bridgehead atoms. The van der Waals surface area contributed by atoms with E-state index in [1.807, 2.05) is 127 Å². The molecule has 0 fully saturated rings. The number of hydrogen-bond acceptors (Lipinski definition) is 15. The highest BCUT2D eigenvalue weighted by Gasteiger charge is 2.25. The zero-order valence-corrected chi connectivity index (χ0v) is 79.8. The smallest absolute Gasteiger partial charge is 0.328 e. The van der Waals surface area contributed by atoms with E-state index in [9.17, 15) is 14.4 Å². The Bertz CT molecular complexity index is 4050. The number of rotatable bonds is 75. The van der Waals surface area contributed by atoms with Gasteiger partial charge in [-0.15, -0.1) is 0 Å². The minimum Gasteiger partial charge on any atom is -0.494 e. The first kappa shape index (κ1) is 104. The third kappa shape index (κ3) is 45.4. The highest BCUT2D eigenvalue weighted by Crippen LogP contribution is 2.36. The summed E-state index contributed by atoms with van der Waals surface area (Å²) in [5, 5.41) is 5.37.